The van der Waals surface area contributed by atoms with Crippen LogP contribution in [0.1, 0.15) is 56.7 Å². The van der Waals surface area contributed by atoms with E-state index in [1.165, 1.54) is 17.1 Å². The summed E-state index contributed by atoms with van der Waals surface area (Å²) in [5.41, 5.74) is 3.51. The van der Waals surface area contributed by atoms with E-state index in [9.17, 15) is 8.78 Å². The molecule has 3 heterocycles. The molecular weight excluding hydrogens is 334 g/mol. The van der Waals surface area contributed by atoms with E-state index >= 15 is 0 Å². The molecule has 6 heteroatoms. The summed E-state index contributed by atoms with van der Waals surface area (Å²) in [6.45, 7) is 12.1. The topological polar surface area (TPSA) is 26.0 Å². The SMILES string of the molecule is Cc1ccc(C)n1-c1cc(C(C)(C)C)n(C2CCN(CC(F)F)CC2)n1. The number of likely N-dealkylation sites (tertiary alicyclic amines) is 1. The van der Waals surface area contributed by atoms with E-state index in [-0.39, 0.29) is 18.0 Å². The van der Waals surface area contributed by atoms with Gasteiger partial charge >= 0.3 is 0 Å². The van der Waals surface area contributed by atoms with Gasteiger partial charge < -0.3 is 4.57 Å². The molecule has 1 fully saturated rings. The highest BCUT2D eigenvalue weighted by atomic mass is 19.3. The first-order valence-electron chi connectivity index (χ1n) is 9.42. The lowest BCUT2D eigenvalue weighted by molar-refractivity contribution is 0.0683. The summed E-state index contributed by atoms with van der Waals surface area (Å²) < 4.78 is 29.6. The maximum atomic E-state index is 12.6. The van der Waals surface area contributed by atoms with E-state index in [1.807, 2.05) is 4.90 Å². The number of alkyl halides is 2. The van der Waals surface area contributed by atoms with Crippen LogP contribution in [0.5, 0.6) is 0 Å². The molecule has 0 saturated carbocycles. The second kappa shape index (κ2) is 7.14. The van der Waals surface area contributed by atoms with Gasteiger partial charge in [0.2, 0.25) is 0 Å². The van der Waals surface area contributed by atoms with Crippen molar-refractivity contribution >= 4 is 0 Å². The lowest BCUT2D eigenvalue weighted by atomic mass is 9.91. The van der Waals surface area contributed by atoms with Crippen LogP contribution in [0.4, 0.5) is 8.78 Å². The van der Waals surface area contributed by atoms with Gasteiger partial charge in [0, 0.05) is 41.7 Å². The number of nitrogens with zero attached hydrogens (tertiary/aromatic N) is 4. The smallest absolute Gasteiger partial charge is 0.251 e. The fourth-order valence-electron chi connectivity index (χ4n) is 3.90. The molecule has 0 unspecified atom stereocenters. The highest BCUT2D eigenvalue weighted by Crippen LogP contribution is 2.32. The van der Waals surface area contributed by atoms with Gasteiger partial charge in [0.1, 0.15) is 0 Å². The molecule has 0 aliphatic carbocycles. The molecule has 0 N–H and O–H groups in total. The molecule has 0 amide bonds. The summed E-state index contributed by atoms with van der Waals surface area (Å²) in [7, 11) is 0. The molecule has 3 rings (SSSR count). The van der Waals surface area contributed by atoms with E-state index < -0.39 is 6.43 Å². The standard InChI is InChI=1S/C20H30F2N4/c1-14-6-7-15(2)25(14)19-12-17(20(3,4)5)26(23-19)16-8-10-24(11-9-16)13-18(21)22/h6-7,12,16,18H,8-11,13H2,1-5H3. The molecule has 0 radical (unpaired) electrons. The van der Waals surface area contributed by atoms with Crippen LogP contribution in [0.15, 0.2) is 18.2 Å². The predicted octanol–water partition coefficient (Wildman–Crippen LogP) is 4.49. The molecule has 4 nitrogen and oxygen atoms in total. The van der Waals surface area contributed by atoms with E-state index in [0.29, 0.717) is 13.1 Å². The average Bonchev–Trinajstić information content (AvgIpc) is 3.11. The van der Waals surface area contributed by atoms with Gasteiger partial charge in [0.05, 0.1) is 12.6 Å². The summed E-state index contributed by atoms with van der Waals surface area (Å²) in [4.78, 5) is 1.86. The van der Waals surface area contributed by atoms with Gasteiger partial charge in [-0.2, -0.15) is 5.10 Å². The van der Waals surface area contributed by atoms with Gasteiger partial charge in [-0.1, -0.05) is 20.8 Å². The van der Waals surface area contributed by atoms with E-state index in [4.69, 9.17) is 5.10 Å². The van der Waals surface area contributed by atoms with Crippen molar-refractivity contribution in [1.82, 2.24) is 19.2 Å². The molecule has 1 aliphatic rings. The fraction of sp³-hybridized carbons (Fsp3) is 0.650. The Morgan fingerprint density at radius 3 is 2.19 bits per heavy atom. The van der Waals surface area contributed by atoms with E-state index in [1.54, 1.807) is 0 Å². The van der Waals surface area contributed by atoms with Gasteiger partial charge in [-0.25, -0.2) is 8.78 Å². The van der Waals surface area contributed by atoms with Crippen LogP contribution in [0.2, 0.25) is 0 Å². The Hall–Kier alpha value is -1.69. The molecule has 1 saturated heterocycles. The molecule has 144 valence electrons. The lowest BCUT2D eigenvalue weighted by Gasteiger charge is -2.34. The largest absolute Gasteiger partial charge is 0.302 e. The van der Waals surface area contributed by atoms with Crippen molar-refractivity contribution in [3.63, 3.8) is 0 Å². The first kappa shape index (κ1) is 19.1. The molecule has 0 atom stereocenters. The molecule has 0 bridgehead atoms. The second-order valence-corrected chi connectivity index (χ2v) is 8.46. The van der Waals surface area contributed by atoms with Crippen molar-refractivity contribution < 1.29 is 8.78 Å². The van der Waals surface area contributed by atoms with Crippen molar-refractivity contribution in [2.24, 2.45) is 0 Å². The maximum Gasteiger partial charge on any atom is 0.251 e. The Morgan fingerprint density at radius 1 is 1.12 bits per heavy atom. The summed E-state index contributed by atoms with van der Waals surface area (Å²) in [5, 5.41) is 4.96. The third-order valence-corrected chi connectivity index (χ3v) is 5.29. The quantitative estimate of drug-likeness (QED) is 0.799. The first-order chi connectivity index (χ1) is 12.2. The molecule has 0 spiro atoms. The second-order valence-electron chi connectivity index (χ2n) is 8.46. The molecule has 2 aromatic rings. The van der Waals surface area contributed by atoms with Crippen LogP contribution >= 0.6 is 0 Å². The van der Waals surface area contributed by atoms with Gasteiger partial charge in [0.15, 0.2) is 5.82 Å². The lowest BCUT2D eigenvalue weighted by Crippen LogP contribution is -2.38. The summed E-state index contributed by atoms with van der Waals surface area (Å²) in [5.74, 6) is 0.949. The Kier molecular flexibility index (Phi) is 5.24. The number of hydrogen-bond donors (Lipinski definition) is 0. The Labute approximate surface area is 154 Å². The fourth-order valence-corrected chi connectivity index (χ4v) is 3.90. The highest BCUT2D eigenvalue weighted by Gasteiger charge is 2.29. The van der Waals surface area contributed by atoms with Crippen LogP contribution in [0.3, 0.4) is 0 Å². The monoisotopic (exact) mass is 364 g/mol. The minimum atomic E-state index is -2.26. The van der Waals surface area contributed by atoms with Crippen molar-refractivity contribution in [3.8, 4) is 5.82 Å². The third kappa shape index (κ3) is 3.85. The first-order valence-corrected chi connectivity index (χ1v) is 9.42. The van der Waals surface area contributed by atoms with Crippen molar-refractivity contribution in [3.05, 3.63) is 35.3 Å². The van der Waals surface area contributed by atoms with E-state index in [0.717, 1.165) is 18.7 Å². The number of aryl methyl sites for hydroxylation is 2. The zero-order valence-electron chi connectivity index (χ0n) is 16.5. The zero-order chi connectivity index (χ0) is 19.1. The summed E-state index contributed by atoms with van der Waals surface area (Å²) in [6.07, 6.45) is -0.533. The summed E-state index contributed by atoms with van der Waals surface area (Å²) >= 11 is 0. The molecular formula is C20H30F2N4. The number of piperidine rings is 1. The Morgan fingerprint density at radius 2 is 1.69 bits per heavy atom. The van der Waals surface area contributed by atoms with Crippen molar-refractivity contribution in [1.29, 1.82) is 0 Å². The van der Waals surface area contributed by atoms with Crippen LogP contribution in [-0.4, -0.2) is 45.3 Å². The molecule has 2 aromatic heterocycles. The van der Waals surface area contributed by atoms with E-state index in [2.05, 4.69) is 62.1 Å². The normalized spacial score (nSPS) is 17.4. The van der Waals surface area contributed by atoms with Gasteiger partial charge in [-0.05, 0) is 38.8 Å². The predicted molar refractivity (Wildman–Crippen MR) is 100 cm³/mol. The molecule has 1 aliphatic heterocycles. The van der Waals surface area contributed by atoms with Crippen LogP contribution in [-0.2, 0) is 5.41 Å². The Balaban J connectivity index is 1.90. The molecule has 26 heavy (non-hydrogen) atoms. The van der Waals surface area contributed by atoms with Gasteiger partial charge in [-0.3, -0.25) is 9.58 Å². The molecule has 0 aromatic carbocycles. The summed E-state index contributed by atoms with van der Waals surface area (Å²) in [6, 6.07) is 6.66. The van der Waals surface area contributed by atoms with Gasteiger partial charge in [0.25, 0.3) is 6.43 Å². The van der Waals surface area contributed by atoms with Crippen molar-refractivity contribution in [2.75, 3.05) is 19.6 Å². The van der Waals surface area contributed by atoms with Crippen LogP contribution < -0.4 is 0 Å². The number of hydrogen-bond acceptors (Lipinski definition) is 2. The zero-order valence-corrected chi connectivity index (χ0v) is 16.5. The minimum Gasteiger partial charge on any atom is -0.302 e. The highest BCUT2D eigenvalue weighted by molar-refractivity contribution is 5.35. The van der Waals surface area contributed by atoms with Crippen molar-refractivity contribution in [2.45, 2.75) is 65.3 Å². The van der Waals surface area contributed by atoms with Crippen LogP contribution in [0.25, 0.3) is 5.82 Å². The number of halogens is 2. The number of rotatable bonds is 4. The van der Waals surface area contributed by atoms with Gasteiger partial charge in [-0.15, -0.1) is 0 Å². The van der Waals surface area contributed by atoms with Crippen LogP contribution in [0, 0.1) is 13.8 Å². The maximum absolute atomic E-state index is 12.6. The third-order valence-electron chi connectivity index (χ3n) is 5.29. The Bertz CT molecular complexity index is 727. The minimum absolute atomic E-state index is 0.0275. The average molecular weight is 364 g/mol. The number of aromatic nitrogens is 3.